The highest BCUT2D eigenvalue weighted by Crippen LogP contribution is 2.31. The summed E-state index contributed by atoms with van der Waals surface area (Å²) < 4.78 is 5.79. The summed E-state index contributed by atoms with van der Waals surface area (Å²) in [5, 5.41) is 3.98. The third-order valence-electron chi connectivity index (χ3n) is 5.94. The van der Waals surface area contributed by atoms with E-state index in [9.17, 15) is 9.59 Å². The first-order valence-electron chi connectivity index (χ1n) is 12.0. The first kappa shape index (κ1) is 25.9. The molecule has 2 amide bonds. The van der Waals surface area contributed by atoms with Crippen molar-refractivity contribution >= 4 is 52.5 Å². The van der Waals surface area contributed by atoms with Crippen molar-refractivity contribution < 1.29 is 14.0 Å². The van der Waals surface area contributed by atoms with Crippen molar-refractivity contribution in [2.45, 2.75) is 20.3 Å². The van der Waals surface area contributed by atoms with Crippen LogP contribution in [0.15, 0.2) is 65.1 Å². The first-order valence-corrected chi connectivity index (χ1v) is 12.7. The number of rotatable bonds is 7. The number of carbonyl (C=O) groups is 2. The van der Waals surface area contributed by atoms with Crippen LogP contribution in [0.2, 0.25) is 10.0 Å². The summed E-state index contributed by atoms with van der Waals surface area (Å²) >= 11 is 12.8. The number of amides is 2. The van der Waals surface area contributed by atoms with E-state index in [1.165, 1.54) is 6.08 Å². The molecule has 1 aromatic heterocycles. The van der Waals surface area contributed by atoms with E-state index in [-0.39, 0.29) is 11.8 Å². The van der Waals surface area contributed by atoms with Crippen LogP contribution in [-0.2, 0) is 9.59 Å². The minimum absolute atomic E-state index is 0.205. The molecule has 1 N–H and O–H groups in total. The van der Waals surface area contributed by atoms with Crippen molar-refractivity contribution in [1.82, 2.24) is 4.90 Å². The summed E-state index contributed by atoms with van der Waals surface area (Å²) in [6.07, 6.45) is 3.59. The van der Waals surface area contributed by atoms with E-state index in [1.807, 2.05) is 41.3 Å². The molecule has 1 aliphatic rings. The van der Waals surface area contributed by atoms with E-state index in [1.54, 1.807) is 24.3 Å². The molecule has 0 radical (unpaired) electrons. The molecule has 6 nitrogen and oxygen atoms in total. The van der Waals surface area contributed by atoms with Crippen LogP contribution in [0.3, 0.4) is 0 Å². The molecule has 0 aliphatic carbocycles. The number of furan rings is 1. The van der Waals surface area contributed by atoms with Gasteiger partial charge in [0.05, 0.1) is 15.7 Å². The van der Waals surface area contributed by atoms with Crippen LogP contribution in [0.25, 0.3) is 17.4 Å². The lowest BCUT2D eigenvalue weighted by Crippen LogP contribution is -2.49. The maximum atomic E-state index is 12.4. The molecular weight excluding hydrogens is 497 g/mol. The molecule has 36 heavy (non-hydrogen) atoms. The molecule has 0 spiro atoms. The predicted octanol–water partition coefficient (Wildman–Crippen LogP) is 6.60. The molecule has 3 aromatic rings. The Hall–Kier alpha value is -3.22. The Morgan fingerprint density at radius 3 is 2.44 bits per heavy atom. The number of nitrogens with one attached hydrogen (secondary N) is 1. The number of halogens is 2. The zero-order valence-corrected chi connectivity index (χ0v) is 21.9. The van der Waals surface area contributed by atoms with E-state index in [0.29, 0.717) is 52.7 Å². The monoisotopic (exact) mass is 525 g/mol. The van der Waals surface area contributed by atoms with Gasteiger partial charge in [0.25, 0.3) is 0 Å². The SMILES string of the molecule is CC(C)CC(=O)N1CCN(c2ccc(NC(=O)/C=C/c3ccc(-c4ccccc4Cl)o3)cc2Cl)CC1. The lowest BCUT2D eigenvalue weighted by Gasteiger charge is -2.36. The van der Waals surface area contributed by atoms with Crippen molar-refractivity contribution in [2.24, 2.45) is 5.92 Å². The van der Waals surface area contributed by atoms with E-state index in [0.717, 1.165) is 24.3 Å². The Balaban J connectivity index is 1.32. The summed E-state index contributed by atoms with van der Waals surface area (Å²) in [6.45, 7) is 6.90. The van der Waals surface area contributed by atoms with Crippen molar-refractivity contribution in [3.8, 4) is 11.3 Å². The fourth-order valence-corrected chi connectivity index (χ4v) is 4.64. The molecule has 0 bridgehead atoms. The molecule has 0 atom stereocenters. The van der Waals surface area contributed by atoms with Crippen LogP contribution in [0.1, 0.15) is 26.0 Å². The second kappa shape index (κ2) is 11.7. The molecule has 0 saturated carbocycles. The van der Waals surface area contributed by atoms with E-state index in [4.69, 9.17) is 27.6 Å². The number of nitrogens with zero attached hydrogens (tertiary/aromatic N) is 2. The standard InChI is InChI=1S/C28H29Cl2N3O3/c1-19(2)17-28(35)33-15-13-32(14-16-33)25-10-7-20(18-24(25)30)31-27(34)12-9-21-8-11-26(36-21)22-5-3-4-6-23(22)29/h3-12,18-19H,13-17H2,1-2H3,(H,31,34)/b12-9+. The first-order chi connectivity index (χ1) is 17.3. The summed E-state index contributed by atoms with van der Waals surface area (Å²) in [7, 11) is 0. The van der Waals surface area contributed by atoms with Gasteiger partial charge in [-0.15, -0.1) is 0 Å². The van der Waals surface area contributed by atoms with Crippen molar-refractivity contribution in [3.05, 3.63) is 76.5 Å². The maximum Gasteiger partial charge on any atom is 0.248 e. The molecule has 0 unspecified atom stereocenters. The fraction of sp³-hybridized carbons (Fsp3) is 0.286. The second-order valence-electron chi connectivity index (χ2n) is 9.14. The average molecular weight is 526 g/mol. The van der Waals surface area contributed by atoms with E-state index >= 15 is 0 Å². The van der Waals surface area contributed by atoms with Crippen molar-refractivity contribution in [1.29, 1.82) is 0 Å². The molecule has 1 fully saturated rings. The highest BCUT2D eigenvalue weighted by atomic mass is 35.5. The number of piperazine rings is 1. The smallest absolute Gasteiger partial charge is 0.248 e. The number of hydrogen-bond acceptors (Lipinski definition) is 4. The van der Waals surface area contributed by atoms with Crippen molar-refractivity contribution in [2.75, 3.05) is 36.4 Å². The molecule has 8 heteroatoms. The molecule has 1 saturated heterocycles. The normalized spacial score (nSPS) is 14.0. The Kier molecular flexibility index (Phi) is 8.39. The summed E-state index contributed by atoms with van der Waals surface area (Å²) in [4.78, 5) is 28.8. The molecule has 2 heterocycles. The van der Waals surface area contributed by atoms with Crippen LogP contribution in [0.4, 0.5) is 11.4 Å². The van der Waals surface area contributed by atoms with Gasteiger partial charge in [0.15, 0.2) is 0 Å². The van der Waals surface area contributed by atoms with Gasteiger partial charge in [0.2, 0.25) is 11.8 Å². The fourth-order valence-electron chi connectivity index (χ4n) is 4.11. The average Bonchev–Trinajstić information content (AvgIpc) is 3.32. The van der Waals surface area contributed by atoms with Gasteiger partial charge in [-0.1, -0.05) is 49.2 Å². The predicted molar refractivity (Wildman–Crippen MR) is 147 cm³/mol. The maximum absolute atomic E-state index is 12.4. The van der Waals surface area contributed by atoms with Crippen LogP contribution in [0.5, 0.6) is 0 Å². The summed E-state index contributed by atoms with van der Waals surface area (Å²) in [5.41, 5.74) is 2.28. The zero-order chi connectivity index (χ0) is 25.7. The molecule has 4 rings (SSSR count). The van der Waals surface area contributed by atoms with Gasteiger partial charge in [-0.3, -0.25) is 9.59 Å². The third-order valence-corrected chi connectivity index (χ3v) is 6.57. The minimum Gasteiger partial charge on any atom is -0.457 e. The molecular formula is C28H29Cl2N3O3. The van der Waals surface area contributed by atoms with Gasteiger partial charge in [0.1, 0.15) is 11.5 Å². The van der Waals surface area contributed by atoms with Crippen LogP contribution < -0.4 is 10.2 Å². The number of anilines is 2. The van der Waals surface area contributed by atoms with Crippen LogP contribution in [0, 0.1) is 5.92 Å². The van der Waals surface area contributed by atoms with Gasteiger partial charge in [0, 0.05) is 49.9 Å². The van der Waals surface area contributed by atoms with Gasteiger partial charge >= 0.3 is 0 Å². The van der Waals surface area contributed by atoms with Gasteiger partial charge in [-0.25, -0.2) is 0 Å². The lowest BCUT2D eigenvalue weighted by atomic mass is 10.1. The quantitative estimate of drug-likeness (QED) is 0.353. The highest BCUT2D eigenvalue weighted by molar-refractivity contribution is 6.33. The Labute approximate surface area is 221 Å². The molecule has 1 aliphatic heterocycles. The largest absolute Gasteiger partial charge is 0.457 e. The lowest BCUT2D eigenvalue weighted by molar-refractivity contribution is -0.132. The van der Waals surface area contributed by atoms with E-state index < -0.39 is 0 Å². The van der Waals surface area contributed by atoms with Crippen molar-refractivity contribution in [3.63, 3.8) is 0 Å². The second-order valence-corrected chi connectivity index (χ2v) is 9.95. The Bertz CT molecular complexity index is 1260. The highest BCUT2D eigenvalue weighted by Gasteiger charge is 2.23. The molecule has 2 aromatic carbocycles. The zero-order valence-electron chi connectivity index (χ0n) is 20.3. The topological polar surface area (TPSA) is 65.8 Å². The van der Waals surface area contributed by atoms with Crippen LogP contribution >= 0.6 is 23.2 Å². The van der Waals surface area contributed by atoms with Crippen LogP contribution in [-0.4, -0.2) is 42.9 Å². The Morgan fingerprint density at radius 1 is 1.00 bits per heavy atom. The number of benzene rings is 2. The third kappa shape index (κ3) is 6.50. The summed E-state index contributed by atoms with van der Waals surface area (Å²) in [6, 6.07) is 16.5. The van der Waals surface area contributed by atoms with Gasteiger partial charge in [-0.2, -0.15) is 0 Å². The number of carbonyl (C=O) groups excluding carboxylic acids is 2. The summed E-state index contributed by atoms with van der Waals surface area (Å²) in [5.74, 6) is 1.43. The van der Waals surface area contributed by atoms with Gasteiger partial charge in [-0.05, 0) is 54.5 Å². The molecule has 188 valence electrons. The minimum atomic E-state index is -0.299. The Morgan fingerprint density at radius 2 is 1.75 bits per heavy atom. The van der Waals surface area contributed by atoms with E-state index in [2.05, 4.69) is 24.1 Å². The van der Waals surface area contributed by atoms with Gasteiger partial charge < -0.3 is 19.5 Å². The number of hydrogen-bond donors (Lipinski definition) is 1.